The van der Waals surface area contributed by atoms with Crippen LogP contribution in [0.5, 0.6) is 0 Å². The first-order valence-electron chi connectivity index (χ1n) is 6.39. The Balaban J connectivity index is 2.23. The van der Waals surface area contributed by atoms with Crippen molar-refractivity contribution in [3.63, 3.8) is 0 Å². The van der Waals surface area contributed by atoms with Gasteiger partial charge in [0.1, 0.15) is 4.90 Å². The number of hydrogen-bond donors (Lipinski definition) is 1. The van der Waals surface area contributed by atoms with Gasteiger partial charge in [-0.15, -0.1) is 0 Å². The van der Waals surface area contributed by atoms with Crippen molar-refractivity contribution in [1.29, 1.82) is 0 Å². The highest BCUT2D eigenvalue weighted by atomic mass is 32.2. The highest BCUT2D eigenvalue weighted by Gasteiger charge is 2.32. The molecule has 1 aromatic rings. The Kier molecular flexibility index (Phi) is 4.93. The summed E-state index contributed by atoms with van der Waals surface area (Å²) >= 11 is 5.05. The lowest BCUT2D eigenvalue weighted by atomic mass is 10.3. The lowest BCUT2D eigenvalue weighted by molar-refractivity contribution is 0.264. The van der Waals surface area contributed by atoms with Gasteiger partial charge in [-0.2, -0.15) is 4.31 Å². The van der Waals surface area contributed by atoms with Gasteiger partial charge in [-0.25, -0.2) is 21.6 Å². The minimum atomic E-state index is -4.23. The fourth-order valence-electron chi connectivity index (χ4n) is 2.14. The van der Waals surface area contributed by atoms with Crippen molar-refractivity contribution < 1.29 is 21.6 Å². The molecule has 0 amide bonds. The summed E-state index contributed by atoms with van der Waals surface area (Å²) in [6, 6.07) is 1.32. The van der Waals surface area contributed by atoms with Crippen LogP contribution < -0.4 is 5.32 Å². The molecule has 0 aromatic heterocycles. The van der Waals surface area contributed by atoms with Gasteiger partial charge in [0.15, 0.2) is 22.6 Å². The van der Waals surface area contributed by atoms with Crippen molar-refractivity contribution in [2.75, 3.05) is 33.2 Å². The van der Waals surface area contributed by atoms with E-state index in [1.165, 1.54) is 0 Å². The third-order valence-corrected chi connectivity index (χ3v) is 5.74. The highest BCUT2D eigenvalue weighted by molar-refractivity contribution is 7.89. The van der Waals surface area contributed by atoms with Crippen LogP contribution in [0, 0.1) is 17.5 Å². The summed E-state index contributed by atoms with van der Waals surface area (Å²) in [5, 5.41) is 3.26. The van der Waals surface area contributed by atoms with Crippen LogP contribution in [0.3, 0.4) is 0 Å². The molecular formula is C12H14F3N3O2S2. The van der Waals surface area contributed by atoms with Gasteiger partial charge >= 0.3 is 0 Å². The molecule has 0 bridgehead atoms. The highest BCUT2D eigenvalue weighted by Crippen LogP contribution is 2.23. The molecule has 0 spiro atoms. The quantitative estimate of drug-likeness (QED) is 0.633. The van der Waals surface area contributed by atoms with E-state index in [0.29, 0.717) is 24.3 Å². The topological polar surface area (TPSA) is 52.6 Å². The number of halogens is 3. The van der Waals surface area contributed by atoms with E-state index in [2.05, 4.69) is 5.32 Å². The minimum absolute atomic E-state index is 0.0720. The molecule has 0 atom stereocenters. The second-order valence-electron chi connectivity index (χ2n) is 4.62. The van der Waals surface area contributed by atoms with Crippen LogP contribution in [0.1, 0.15) is 0 Å². The van der Waals surface area contributed by atoms with Crippen molar-refractivity contribution >= 4 is 27.4 Å². The molecule has 1 aliphatic heterocycles. The Morgan fingerprint density at radius 1 is 1.14 bits per heavy atom. The normalized spacial score (nSPS) is 16.6. The van der Waals surface area contributed by atoms with Crippen molar-refractivity contribution in [3.05, 3.63) is 29.6 Å². The maximum Gasteiger partial charge on any atom is 0.246 e. The molecule has 1 aromatic carbocycles. The Labute approximate surface area is 131 Å². The largest absolute Gasteiger partial charge is 0.366 e. The molecule has 10 heteroatoms. The Morgan fingerprint density at radius 2 is 1.73 bits per heavy atom. The Bertz CT molecular complexity index is 689. The standard InChI is InChI=1S/C12H14F3N3O2S2/c1-16-12(21)17-4-6-18(7-5-17)22(19,20)9-3-2-8(13)10(14)11(9)15/h2-3H,4-7H2,1H3,(H,16,21). The minimum Gasteiger partial charge on any atom is -0.366 e. The zero-order valence-corrected chi connectivity index (χ0v) is 13.3. The fourth-order valence-corrected chi connectivity index (χ4v) is 3.80. The lowest BCUT2D eigenvalue weighted by Crippen LogP contribution is -2.52. The average Bonchev–Trinajstić information content (AvgIpc) is 2.51. The van der Waals surface area contributed by atoms with Crippen LogP contribution in [0.15, 0.2) is 17.0 Å². The molecule has 1 N–H and O–H groups in total. The molecule has 1 saturated heterocycles. The van der Waals surface area contributed by atoms with E-state index in [9.17, 15) is 21.6 Å². The maximum atomic E-state index is 13.7. The van der Waals surface area contributed by atoms with Crippen LogP contribution in [0.25, 0.3) is 0 Å². The first-order valence-corrected chi connectivity index (χ1v) is 8.24. The van der Waals surface area contributed by atoms with Gasteiger partial charge in [0.2, 0.25) is 10.0 Å². The van der Waals surface area contributed by atoms with E-state index >= 15 is 0 Å². The van der Waals surface area contributed by atoms with Gasteiger partial charge < -0.3 is 10.2 Å². The molecule has 1 aliphatic rings. The number of piperazine rings is 1. The smallest absolute Gasteiger partial charge is 0.246 e. The second kappa shape index (κ2) is 6.39. The molecule has 0 saturated carbocycles. The number of nitrogens with one attached hydrogen (secondary N) is 1. The van der Waals surface area contributed by atoms with Crippen molar-refractivity contribution in [2.45, 2.75) is 4.90 Å². The fraction of sp³-hybridized carbons (Fsp3) is 0.417. The third kappa shape index (κ3) is 3.03. The van der Waals surface area contributed by atoms with E-state index in [1.54, 1.807) is 11.9 Å². The van der Waals surface area contributed by atoms with Crippen LogP contribution in [0.4, 0.5) is 13.2 Å². The van der Waals surface area contributed by atoms with Crippen molar-refractivity contribution in [1.82, 2.24) is 14.5 Å². The Morgan fingerprint density at radius 3 is 2.27 bits per heavy atom. The lowest BCUT2D eigenvalue weighted by Gasteiger charge is -2.35. The Hall–Kier alpha value is -1.39. The molecule has 22 heavy (non-hydrogen) atoms. The molecule has 5 nitrogen and oxygen atoms in total. The van der Waals surface area contributed by atoms with E-state index in [4.69, 9.17) is 12.2 Å². The molecule has 2 rings (SSSR count). The maximum absolute atomic E-state index is 13.7. The monoisotopic (exact) mass is 353 g/mol. The SMILES string of the molecule is CNC(=S)N1CCN(S(=O)(=O)c2ccc(F)c(F)c2F)CC1. The number of rotatable bonds is 2. The van der Waals surface area contributed by atoms with E-state index in [0.717, 1.165) is 10.4 Å². The summed E-state index contributed by atoms with van der Waals surface area (Å²) in [6.07, 6.45) is 0. The predicted octanol–water partition coefficient (Wildman–Crippen LogP) is 0.914. The average molecular weight is 353 g/mol. The third-order valence-electron chi connectivity index (χ3n) is 3.36. The van der Waals surface area contributed by atoms with Crippen LogP contribution >= 0.6 is 12.2 Å². The number of thiocarbonyl (C=S) groups is 1. The number of hydrogen-bond acceptors (Lipinski definition) is 3. The molecular weight excluding hydrogens is 339 g/mol. The van der Waals surface area contributed by atoms with Crippen molar-refractivity contribution in [2.24, 2.45) is 0 Å². The van der Waals surface area contributed by atoms with Gasteiger partial charge in [0, 0.05) is 33.2 Å². The number of nitrogens with zero attached hydrogens (tertiary/aromatic N) is 2. The van der Waals surface area contributed by atoms with Gasteiger partial charge in [-0.05, 0) is 24.4 Å². The zero-order chi connectivity index (χ0) is 16.5. The summed E-state index contributed by atoms with van der Waals surface area (Å²) in [5.41, 5.74) is 0. The predicted molar refractivity (Wildman–Crippen MR) is 78.3 cm³/mol. The summed E-state index contributed by atoms with van der Waals surface area (Å²) in [6.45, 7) is 0.791. The van der Waals surface area contributed by atoms with Gasteiger partial charge in [0.25, 0.3) is 0 Å². The van der Waals surface area contributed by atoms with Gasteiger partial charge in [0.05, 0.1) is 0 Å². The van der Waals surface area contributed by atoms with Gasteiger partial charge in [-0.3, -0.25) is 0 Å². The van der Waals surface area contributed by atoms with E-state index < -0.39 is 32.4 Å². The molecule has 1 heterocycles. The van der Waals surface area contributed by atoms with Crippen molar-refractivity contribution in [3.8, 4) is 0 Å². The summed E-state index contributed by atoms with van der Waals surface area (Å²) in [7, 11) is -2.57. The van der Waals surface area contributed by atoms with E-state index in [-0.39, 0.29) is 13.1 Å². The molecule has 122 valence electrons. The van der Waals surface area contributed by atoms with Gasteiger partial charge in [-0.1, -0.05) is 0 Å². The van der Waals surface area contributed by atoms with E-state index in [1.807, 2.05) is 0 Å². The zero-order valence-electron chi connectivity index (χ0n) is 11.6. The first kappa shape index (κ1) is 17.0. The summed E-state index contributed by atoms with van der Waals surface area (Å²) in [4.78, 5) is 0.902. The first-order chi connectivity index (χ1) is 10.3. The summed E-state index contributed by atoms with van der Waals surface area (Å²) < 4.78 is 65.6. The molecule has 0 aliphatic carbocycles. The van der Waals surface area contributed by atoms with Crippen LogP contribution in [-0.4, -0.2) is 56.0 Å². The molecule has 0 unspecified atom stereocenters. The van der Waals surface area contributed by atoms with Crippen LogP contribution in [0.2, 0.25) is 0 Å². The molecule has 0 radical (unpaired) electrons. The second-order valence-corrected chi connectivity index (χ2v) is 6.91. The molecule has 1 fully saturated rings. The van der Waals surface area contributed by atoms with Crippen LogP contribution in [-0.2, 0) is 10.0 Å². The number of sulfonamides is 1. The number of benzene rings is 1. The summed E-state index contributed by atoms with van der Waals surface area (Å²) in [5.74, 6) is -4.93.